The summed E-state index contributed by atoms with van der Waals surface area (Å²) in [5.41, 5.74) is -0.664. The van der Waals surface area contributed by atoms with Gasteiger partial charge in [0.15, 0.2) is 0 Å². The van der Waals surface area contributed by atoms with Gasteiger partial charge in [-0.15, -0.1) is 0 Å². The highest BCUT2D eigenvalue weighted by atomic mass is 32.2. The second kappa shape index (κ2) is 44.4. The lowest BCUT2D eigenvalue weighted by atomic mass is 10.0. The minimum absolute atomic E-state index is 0.113. The summed E-state index contributed by atoms with van der Waals surface area (Å²) >= 11 is 0. The van der Waals surface area contributed by atoms with Crippen LogP contribution in [-0.2, 0) is 19.6 Å². The van der Waals surface area contributed by atoms with Crippen molar-refractivity contribution < 1.29 is 32.0 Å². The van der Waals surface area contributed by atoms with Gasteiger partial charge in [0.2, 0.25) is 0 Å². The molecule has 1 aromatic rings. The van der Waals surface area contributed by atoms with Gasteiger partial charge < -0.3 is 9.47 Å². The lowest BCUT2D eigenvalue weighted by Gasteiger charge is -2.13. The van der Waals surface area contributed by atoms with Gasteiger partial charge in [0.05, 0.1) is 24.3 Å². The maximum absolute atomic E-state index is 13.1. The quantitative estimate of drug-likeness (QED) is 0.0300. The summed E-state index contributed by atoms with van der Waals surface area (Å²) in [5.74, 6) is -1.73. The molecule has 0 unspecified atom stereocenters. The van der Waals surface area contributed by atoms with E-state index in [-0.39, 0.29) is 18.8 Å². The van der Waals surface area contributed by atoms with Crippen LogP contribution in [0.3, 0.4) is 0 Å². The first kappa shape index (κ1) is 59.6. The van der Waals surface area contributed by atoms with E-state index in [1.165, 1.54) is 218 Å². The molecule has 7 nitrogen and oxygen atoms in total. The van der Waals surface area contributed by atoms with E-state index in [1.807, 2.05) is 0 Å². The Balaban J connectivity index is 2.10. The molecule has 0 bridgehead atoms. The Labute approximate surface area is 394 Å². The average Bonchev–Trinajstić information content (AvgIpc) is 3.28. The van der Waals surface area contributed by atoms with Gasteiger partial charge in [-0.2, -0.15) is 8.42 Å². The number of hydrogen-bond acceptors (Lipinski definition) is 6. The van der Waals surface area contributed by atoms with Crippen LogP contribution in [-0.4, -0.2) is 38.1 Å². The summed E-state index contributed by atoms with van der Waals surface area (Å²) < 4.78 is 45.1. The second-order valence-corrected chi connectivity index (χ2v) is 19.9. The number of unbranched alkanes of at least 4 members (excludes halogenated alkanes) is 36. The van der Waals surface area contributed by atoms with Gasteiger partial charge in [-0.3, -0.25) is 4.55 Å². The molecule has 1 rings (SSSR count). The van der Waals surface area contributed by atoms with Crippen molar-refractivity contribution in [3.8, 4) is 0 Å². The van der Waals surface area contributed by atoms with Crippen molar-refractivity contribution in [3.63, 3.8) is 0 Å². The Kier molecular flexibility index (Phi) is 41.3. The van der Waals surface area contributed by atoms with Crippen molar-refractivity contribution in [3.05, 3.63) is 53.6 Å². The van der Waals surface area contributed by atoms with Gasteiger partial charge in [-0.1, -0.05) is 250 Å². The Morgan fingerprint density at radius 2 is 0.703 bits per heavy atom. The Hall–Kier alpha value is -2.45. The third-order valence-corrected chi connectivity index (χ3v) is 13.4. The minimum atomic E-state index is -4.77. The van der Waals surface area contributed by atoms with E-state index in [0.717, 1.165) is 44.6 Å². The van der Waals surface area contributed by atoms with Crippen LogP contribution in [0, 0.1) is 0 Å². The largest absolute Gasteiger partial charge is 0.462 e. The summed E-state index contributed by atoms with van der Waals surface area (Å²) in [6, 6.07) is 3.79. The summed E-state index contributed by atoms with van der Waals surface area (Å²) in [6.45, 7) is 4.75. The van der Waals surface area contributed by atoms with E-state index in [1.54, 1.807) is 0 Å². The van der Waals surface area contributed by atoms with Crippen LogP contribution in [0.5, 0.6) is 0 Å². The van der Waals surface area contributed by atoms with Gasteiger partial charge in [0.25, 0.3) is 10.1 Å². The fourth-order valence-corrected chi connectivity index (χ4v) is 9.14. The summed E-state index contributed by atoms with van der Waals surface area (Å²) in [4.78, 5) is 25.5. The molecule has 0 atom stereocenters. The first-order valence-corrected chi connectivity index (χ1v) is 28.5. The number of ether oxygens (including phenoxy) is 2. The number of esters is 2. The number of allylic oxidation sites excluding steroid dienone is 4. The lowest BCUT2D eigenvalue weighted by Crippen LogP contribution is -2.19. The standard InChI is InChI=1S/C56H98O7S/c1-3-5-7-9-11-13-15-17-19-21-23-25-27-29-31-33-35-37-39-41-43-45-50-62-55(57)52-48-47-49-53(64(59,60)61)54(52)56(58)63-51-46-44-42-40-38-36-34-32-30-28-26-24-22-20-18-16-14-12-10-8-6-4-2/h7-10,47-49H,3-6,11-46,50-51H2,1-2H3,(H,59,60,61)/b9-7+,10-8+. The van der Waals surface area contributed by atoms with E-state index in [9.17, 15) is 22.6 Å². The molecule has 0 fully saturated rings. The van der Waals surface area contributed by atoms with Crippen molar-refractivity contribution in [1.29, 1.82) is 0 Å². The average molecular weight is 915 g/mol. The predicted molar refractivity (Wildman–Crippen MR) is 271 cm³/mol. The molecule has 0 spiro atoms. The van der Waals surface area contributed by atoms with Crippen LogP contribution in [0.15, 0.2) is 47.4 Å². The molecule has 0 radical (unpaired) electrons. The van der Waals surface area contributed by atoms with E-state index in [0.29, 0.717) is 12.8 Å². The van der Waals surface area contributed by atoms with E-state index in [2.05, 4.69) is 38.2 Å². The van der Waals surface area contributed by atoms with E-state index < -0.39 is 32.5 Å². The number of benzene rings is 1. The molecule has 0 aliphatic rings. The Bertz CT molecular complexity index is 1400. The van der Waals surface area contributed by atoms with E-state index in [4.69, 9.17) is 9.47 Å². The molecule has 64 heavy (non-hydrogen) atoms. The molecule has 0 saturated heterocycles. The molecule has 0 saturated carbocycles. The zero-order valence-electron chi connectivity index (χ0n) is 41.5. The highest BCUT2D eigenvalue weighted by molar-refractivity contribution is 7.86. The Morgan fingerprint density at radius 3 is 1.02 bits per heavy atom. The third kappa shape index (κ3) is 35.8. The molecule has 370 valence electrons. The number of carbonyl (C=O) groups excluding carboxylic acids is 2. The van der Waals surface area contributed by atoms with Crippen molar-refractivity contribution in [2.24, 2.45) is 0 Å². The van der Waals surface area contributed by atoms with Gasteiger partial charge in [0.1, 0.15) is 4.90 Å². The first-order chi connectivity index (χ1) is 31.3. The summed E-state index contributed by atoms with van der Waals surface area (Å²) in [7, 11) is -4.77. The Morgan fingerprint density at radius 1 is 0.422 bits per heavy atom. The molecule has 8 heteroatoms. The molecule has 1 N–H and O–H groups in total. The second-order valence-electron chi connectivity index (χ2n) is 18.5. The summed E-state index contributed by atoms with van der Waals surface area (Å²) in [6.07, 6.45) is 59.3. The van der Waals surface area contributed by atoms with Crippen molar-refractivity contribution in [2.45, 2.75) is 276 Å². The molecule has 1 aromatic carbocycles. The minimum Gasteiger partial charge on any atom is -0.462 e. The first-order valence-electron chi connectivity index (χ1n) is 27.1. The van der Waals surface area contributed by atoms with Crippen molar-refractivity contribution in [1.82, 2.24) is 0 Å². The molecule has 0 aliphatic heterocycles. The fraction of sp³-hybridized carbons (Fsp3) is 0.786. The molecule has 0 amide bonds. The van der Waals surface area contributed by atoms with E-state index >= 15 is 0 Å². The van der Waals surface area contributed by atoms with Crippen molar-refractivity contribution >= 4 is 22.1 Å². The molecular weight excluding hydrogens is 817 g/mol. The number of hydrogen-bond donors (Lipinski definition) is 1. The van der Waals surface area contributed by atoms with Crippen LogP contribution in [0.2, 0.25) is 0 Å². The van der Waals surface area contributed by atoms with Crippen LogP contribution in [0.25, 0.3) is 0 Å². The van der Waals surface area contributed by atoms with Crippen molar-refractivity contribution in [2.75, 3.05) is 13.2 Å². The number of rotatable bonds is 47. The zero-order chi connectivity index (χ0) is 46.4. The van der Waals surface area contributed by atoms with Gasteiger partial charge in [-0.25, -0.2) is 9.59 Å². The maximum Gasteiger partial charge on any atom is 0.340 e. The molecular formula is C56H98O7S. The van der Waals surface area contributed by atoms with Crippen LogP contribution in [0.1, 0.15) is 291 Å². The topological polar surface area (TPSA) is 107 Å². The smallest absolute Gasteiger partial charge is 0.340 e. The zero-order valence-corrected chi connectivity index (χ0v) is 42.4. The highest BCUT2D eigenvalue weighted by Gasteiger charge is 2.28. The highest BCUT2D eigenvalue weighted by Crippen LogP contribution is 2.23. The van der Waals surface area contributed by atoms with Gasteiger partial charge >= 0.3 is 11.9 Å². The van der Waals surface area contributed by atoms with Crippen LogP contribution < -0.4 is 0 Å². The number of carbonyl (C=O) groups is 2. The maximum atomic E-state index is 13.1. The SMILES string of the molecule is CCC/C=C/CCCCCCCCCCCCCCCCCCCOC(=O)c1cccc(S(=O)(=O)O)c1C(=O)OCCCCCCCCCCCCCCCCCCC/C=C/CCC. The molecule has 0 aromatic heterocycles. The van der Waals surface area contributed by atoms with Crippen LogP contribution in [0.4, 0.5) is 0 Å². The lowest BCUT2D eigenvalue weighted by molar-refractivity contribution is 0.0446. The van der Waals surface area contributed by atoms with Gasteiger partial charge in [-0.05, 0) is 63.5 Å². The fourth-order valence-electron chi connectivity index (χ4n) is 8.44. The van der Waals surface area contributed by atoms with Gasteiger partial charge in [0, 0.05) is 0 Å². The summed E-state index contributed by atoms with van der Waals surface area (Å²) in [5, 5.41) is 0. The van der Waals surface area contributed by atoms with Crippen LogP contribution >= 0.6 is 0 Å². The third-order valence-electron chi connectivity index (χ3n) is 12.5. The predicted octanol–water partition coefficient (Wildman–Crippen LogP) is 18.0. The molecule has 0 heterocycles. The normalized spacial score (nSPS) is 11.9. The molecule has 0 aliphatic carbocycles. The monoisotopic (exact) mass is 915 g/mol.